The number of rotatable bonds is 5. The van der Waals surface area contributed by atoms with Crippen molar-refractivity contribution >= 4 is 31.9 Å². The van der Waals surface area contributed by atoms with Crippen molar-refractivity contribution in [3.63, 3.8) is 0 Å². The molecule has 0 aromatic heterocycles. The smallest absolute Gasteiger partial charge is 0.0692 e. The molecule has 0 spiro atoms. The van der Waals surface area contributed by atoms with Gasteiger partial charge >= 0.3 is 0 Å². The Bertz CT molecular complexity index is 474. The van der Waals surface area contributed by atoms with Gasteiger partial charge in [-0.3, -0.25) is 0 Å². The zero-order valence-corrected chi connectivity index (χ0v) is 16.3. The standard InChI is InChI=1S/C17H25Br2NO/c1-4-17(5-2)11-14(8-9-21-17)20-12(3)15-7-6-13(18)10-16(15)19/h6-7,10,12,14,20H,4-5,8-9,11H2,1-3H3. The van der Waals surface area contributed by atoms with Crippen molar-refractivity contribution in [2.45, 2.75) is 64.1 Å². The lowest BCUT2D eigenvalue weighted by Crippen LogP contribution is -2.47. The lowest BCUT2D eigenvalue weighted by Gasteiger charge is -2.41. The molecule has 0 aliphatic carbocycles. The van der Waals surface area contributed by atoms with Gasteiger partial charge in [0.25, 0.3) is 0 Å². The zero-order chi connectivity index (χ0) is 15.5. The van der Waals surface area contributed by atoms with Gasteiger partial charge in [0.05, 0.1) is 5.60 Å². The SMILES string of the molecule is CCC1(CC)CC(NC(C)c2ccc(Br)cc2Br)CCO1. The first kappa shape index (κ1) is 17.5. The third kappa shape index (κ3) is 4.31. The van der Waals surface area contributed by atoms with Crippen LogP contribution in [0.5, 0.6) is 0 Å². The van der Waals surface area contributed by atoms with Gasteiger partial charge in [0.1, 0.15) is 0 Å². The summed E-state index contributed by atoms with van der Waals surface area (Å²) in [5.41, 5.74) is 1.38. The number of benzene rings is 1. The maximum atomic E-state index is 6.07. The molecule has 1 N–H and O–H groups in total. The van der Waals surface area contributed by atoms with Gasteiger partial charge < -0.3 is 10.1 Å². The van der Waals surface area contributed by atoms with Crippen LogP contribution in [0.25, 0.3) is 0 Å². The van der Waals surface area contributed by atoms with Crippen LogP contribution in [0.2, 0.25) is 0 Å². The number of hydrogen-bond acceptors (Lipinski definition) is 2. The van der Waals surface area contributed by atoms with Crippen LogP contribution in [0.15, 0.2) is 27.1 Å². The molecule has 1 aliphatic rings. The fraction of sp³-hybridized carbons (Fsp3) is 0.647. The van der Waals surface area contributed by atoms with E-state index in [4.69, 9.17) is 4.74 Å². The Balaban J connectivity index is 2.03. The highest BCUT2D eigenvalue weighted by Gasteiger charge is 2.34. The molecule has 0 amide bonds. The molecule has 118 valence electrons. The van der Waals surface area contributed by atoms with Gasteiger partial charge in [-0.1, -0.05) is 51.8 Å². The molecule has 1 aromatic rings. The van der Waals surface area contributed by atoms with Crippen molar-refractivity contribution in [3.05, 3.63) is 32.7 Å². The van der Waals surface area contributed by atoms with E-state index >= 15 is 0 Å². The van der Waals surface area contributed by atoms with Crippen LogP contribution in [0.4, 0.5) is 0 Å². The Morgan fingerprint density at radius 3 is 2.67 bits per heavy atom. The van der Waals surface area contributed by atoms with Gasteiger partial charge in [0.15, 0.2) is 0 Å². The fourth-order valence-corrected chi connectivity index (χ4v) is 4.60. The van der Waals surface area contributed by atoms with E-state index < -0.39 is 0 Å². The van der Waals surface area contributed by atoms with E-state index in [1.54, 1.807) is 0 Å². The van der Waals surface area contributed by atoms with E-state index in [1.807, 2.05) is 0 Å². The lowest BCUT2D eigenvalue weighted by molar-refractivity contribution is -0.0939. The van der Waals surface area contributed by atoms with Gasteiger partial charge in [-0.05, 0) is 50.3 Å². The summed E-state index contributed by atoms with van der Waals surface area (Å²) in [6.07, 6.45) is 4.40. The highest BCUT2D eigenvalue weighted by Crippen LogP contribution is 2.33. The summed E-state index contributed by atoms with van der Waals surface area (Å²) < 4.78 is 8.32. The first-order valence-corrected chi connectivity index (χ1v) is 9.43. The summed E-state index contributed by atoms with van der Waals surface area (Å²) in [5.74, 6) is 0. The van der Waals surface area contributed by atoms with Crippen molar-refractivity contribution in [2.75, 3.05) is 6.61 Å². The topological polar surface area (TPSA) is 21.3 Å². The third-order valence-electron chi connectivity index (χ3n) is 4.70. The Kier molecular flexibility index (Phi) is 6.30. The largest absolute Gasteiger partial charge is 0.375 e. The van der Waals surface area contributed by atoms with E-state index in [1.165, 1.54) is 5.56 Å². The van der Waals surface area contributed by atoms with E-state index in [-0.39, 0.29) is 5.60 Å². The molecule has 0 saturated carbocycles. The van der Waals surface area contributed by atoms with Crippen LogP contribution >= 0.6 is 31.9 Å². The van der Waals surface area contributed by atoms with Crippen molar-refractivity contribution in [1.82, 2.24) is 5.32 Å². The lowest BCUT2D eigenvalue weighted by atomic mass is 9.85. The van der Waals surface area contributed by atoms with Gasteiger partial charge in [-0.25, -0.2) is 0 Å². The minimum Gasteiger partial charge on any atom is -0.375 e. The molecule has 21 heavy (non-hydrogen) atoms. The normalized spacial score (nSPS) is 23.0. The average Bonchev–Trinajstić information content (AvgIpc) is 2.47. The van der Waals surface area contributed by atoms with Gasteiger partial charge in [-0.2, -0.15) is 0 Å². The van der Waals surface area contributed by atoms with E-state index in [9.17, 15) is 0 Å². The van der Waals surface area contributed by atoms with E-state index in [0.29, 0.717) is 12.1 Å². The maximum Gasteiger partial charge on any atom is 0.0692 e. The second kappa shape index (κ2) is 7.58. The van der Waals surface area contributed by atoms with E-state index in [2.05, 4.69) is 76.1 Å². The Morgan fingerprint density at radius 1 is 1.33 bits per heavy atom. The first-order valence-electron chi connectivity index (χ1n) is 7.84. The predicted octanol–water partition coefficient (Wildman–Crippen LogP) is 5.60. The summed E-state index contributed by atoms with van der Waals surface area (Å²) in [6.45, 7) is 7.58. The second-order valence-electron chi connectivity index (χ2n) is 5.98. The zero-order valence-electron chi connectivity index (χ0n) is 13.1. The molecular weight excluding hydrogens is 394 g/mol. The van der Waals surface area contributed by atoms with E-state index in [0.717, 1.165) is 41.2 Å². The van der Waals surface area contributed by atoms with Crippen LogP contribution in [0, 0.1) is 0 Å². The molecule has 4 heteroatoms. The highest BCUT2D eigenvalue weighted by atomic mass is 79.9. The molecular formula is C17H25Br2NO. The predicted molar refractivity (Wildman–Crippen MR) is 95.7 cm³/mol. The molecule has 1 aromatic carbocycles. The minimum absolute atomic E-state index is 0.0760. The van der Waals surface area contributed by atoms with Gasteiger partial charge in [0, 0.05) is 27.6 Å². The molecule has 2 atom stereocenters. The highest BCUT2D eigenvalue weighted by molar-refractivity contribution is 9.11. The summed E-state index contributed by atoms with van der Waals surface area (Å²) in [5, 5.41) is 3.79. The van der Waals surface area contributed by atoms with Crippen LogP contribution in [-0.4, -0.2) is 18.2 Å². The molecule has 0 radical (unpaired) electrons. The van der Waals surface area contributed by atoms with Crippen molar-refractivity contribution in [1.29, 1.82) is 0 Å². The summed E-state index contributed by atoms with van der Waals surface area (Å²) in [4.78, 5) is 0. The van der Waals surface area contributed by atoms with Crippen molar-refractivity contribution < 1.29 is 4.74 Å². The molecule has 1 heterocycles. The summed E-state index contributed by atoms with van der Waals surface area (Å²) in [6, 6.07) is 7.26. The van der Waals surface area contributed by atoms with Crippen molar-refractivity contribution in [3.8, 4) is 0 Å². The molecule has 0 bridgehead atoms. The molecule has 2 rings (SSSR count). The number of ether oxygens (including phenoxy) is 1. The Labute approximate surface area is 145 Å². The molecule has 1 fully saturated rings. The van der Waals surface area contributed by atoms with Gasteiger partial charge in [-0.15, -0.1) is 0 Å². The first-order chi connectivity index (χ1) is 9.99. The van der Waals surface area contributed by atoms with Crippen LogP contribution in [-0.2, 0) is 4.74 Å². The van der Waals surface area contributed by atoms with Crippen LogP contribution in [0.3, 0.4) is 0 Å². The van der Waals surface area contributed by atoms with Gasteiger partial charge in [0.2, 0.25) is 0 Å². The number of nitrogens with one attached hydrogen (secondary N) is 1. The molecule has 2 unspecified atom stereocenters. The second-order valence-corrected chi connectivity index (χ2v) is 7.75. The molecule has 1 aliphatic heterocycles. The minimum atomic E-state index is 0.0760. The quantitative estimate of drug-likeness (QED) is 0.671. The summed E-state index contributed by atoms with van der Waals surface area (Å²) in [7, 11) is 0. The molecule has 2 nitrogen and oxygen atoms in total. The fourth-order valence-electron chi connectivity index (χ4n) is 3.21. The van der Waals surface area contributed by atoms with Crippen molar-refractivity contribution in [2.24, 2.45) is 0 Å². The Morgan fingerprint density at radius 2 is 2.05 bits per heavy atom. The number of halogens is 2. The number of hydrogen-bond donors (Lipinski definition) is 1. The maximum absolute atomic E-state index is 6.07. The van der Waals surface area contributed by atoms with Crippen LogP contribution < -0.4 is 5.32 Å². The van der Waals surface area contributed by atoms with Crippen LogP contribution in [0.1, 0.15) is 58.1 Å². The Hall–Kier alpha value is 0.1000. The molecule has 1 saturated heterocycles. The third-order valence-corrected chi connectivity index (χ3v) is 5.88. The summed E-state index contributed by atoms with van der Waals surface area (Å²) >= 11 is 7.18. The average molecular weight is 419 g/mol. The monoisotopic (exact) mass is 417 g/mol.